The van der Waals surface area contributed by atoms with Crippen molar-refractivity contribution in [1.29, 1.82) is 0 Å². The zero-order valence-corrected chi connectivity index (χ0v) is 16.5. The van der Waals surface area contributed by atoms with E-state index in [9.17, 15) is 0 Å². The molecule has 1 N–H and O–H groups in total. The monoisotopic (exact) mass is 328 g/mol. The number of aliphatic imine (C=N–C) groups is 1. The van der Waals surface area contributed by atoms with E-state index in [0.29, 0.717) is 6.04 Å². The van der Waals surface area contributed by atoms with Gasteiger partial charge in [0.25, 0.3) is 0 Å². The van der Waals surface area contributed by atoms with Crippen LogP contribution in [0.4, 0.5) is 0 Å². The van der Waals surface area contributed by atoms with E-state index in [-0.39, 0.29) is 0 Å². The van der Waals surface area contributed by atoms with Crippen molar-refractivity contribution in [3.63, 3.8) is 0 Å². The average molecular weight is 329 g/mol. The van der Waals surface area contributed by atoms with Crippen molar-refractivity contribution in [2.75, 3.05) is 7.05 Å². The minimum absolute atomic E-state index is 0.677. The van der Waals surface area contributed by atoms with Gasteiger partial charge in [0.05, 0.1) is 0 Å². The van der Waals surface area contributed by atoms with Crippen molar-refractivity contribution >= 4 is 5.71 Å². The zero-order chi connectivity index (χ0) is 18.1. The van der Waals surface area contributed by atoms with Crippen LogP contribution in [0.2, 0.25) is 0 Å². The number of benzene rings is 1. The maximum atomic E-state index is 4.14. The summed E-state index contributed by atoms with van der Waals surface area (Å²) in [5.41, 5.74) is 4.83. The Morgan fingerprint density at radius 2 is 1.92 bits per heavy atom. The first kappa shape index (κ1) is 20.5. The van der Waals surface area contributed by atoms with Gasteiger partial charge >= 0.3 is 0 Å². The fraction of sp³-hybridized carbons (Fsp3) is 0.591. The second-order valence-corrected chi connectivity index (χ2v) is 7.10. The molecular formula is C22H36N2. The molecule has 0 aliphatic heterocycles. The van der Waals surface area contributed by atoms with E-state index in [1.165, 1.54) is 36.1 Å². The summed E-state index contributed by atoms with van der Waals surface area (Å²) in [6.45, 7) is 15.0. The molecule has 2 nitrogen and oxygen atoms in total. The van der Waals surface area contributed by atoms with Crippen LogP contribution in [0.1, 0.15) is 64.5 Å². The van der Waals surface area contributed by atoms with Gasteiger partial charge in [-0.05, 0) is 49.7 Å². The van der Waals surface area contributed by atoms with E-state index in [2.05, 4.69) is 56.7 Å². The number of hydrogen-bond acceptors (Lipinski definition) is 2. The number of allylic oxidation sites excluding steroid dienone is 1. The minimum Gasteiger partial charge on any atom is -0.386 e. The van der Waals surface area contributed by atoms with Gasteiger partial charge in [0.15, 0.2) is 0 Å². The lowest BCUT2D eigenvalue weighted by Crippen LogP contribution is -2.39. The molecule has 0 bridgehead atoms. The van der Waals surface area contributed by atoms with Gasteiger partial charge in [-0.15, -0.1) is 0 Å². The molecule has 1 aliphatic rings. The van der Waals surface area contributed by atoms with Crippen molar-refractivity contribution < 1.29 is 0 Å². The standard InChI is InChI=1S/C12H23N.C10H13N/c1-5-10(3)13-12-8-6-7-9(2)11(12)4;1-8-6-4-5-7-10(8)9(2)11-3/h9,11-13H,3,5-8H2,1-2,4H3;4-7H,1-3H3. The lowest BCUT2D eigenvalue weighted by molar-refractivity contribution is 0.216. The highest BCUT2D eigenvalue weighted by molar-refractivity contribution is 5.99. The first-order valence-electron chi connectivity index (χ1n) is 9.34. The topological polar surface area (TPSA) is 24.4 Å². The third kappa shape index (κ3) is 6.14. The van der Waals surface area contributed by atoms with Crippen LogP contribution in [0, 0.1) is 18.8 Å². The Bertz CT molecular complexity index is 545. The summed E-state index contributed by atoms with van der Waals surface area (Å²) in [4.78, 5) is 4.14. The molecule has 134 valence electrons. The molecule has 0 radical (unpaired) electrons. The highest BCUT2D eigenvalue weighted by Crippen LogP contribution is 2.29. The quantitative estimate of drug-likeness (QED) is 0.698. The predicted octanol–water partition coefficient (Wildman–Crippen LogP) is 5.76. The van der Waals surface area contributed by atoms with Crippen LogP contribution in [0.5, 0.6) is 0 Å². The van der Waals surface area contributed by atoms with Crippen molar-refractivity contribution in [2.24, 2.45) is 16.8 Å². The molecule has 24 heavy (non-hydrogen) atoms. The highest BCUT2D eigenvalue weighted by Gasteiger charge is 2.26. The van der Waals surface area contributed by atoms with Gasteiger partial charge in [0.1, 0.15) is 0 Å². The molecule has 1 aliphatic carbocycles. The van der Waals surface area contributed by atoms with Gasteiger partial charge in [-0.2, -0.15) is 0 Å². The van der Waals surface area contributed by atoms with Gasteiger partial charge < -0.3 is 5.32 Å². The highest BCUT2D eigenvalue weighted by atomic mass is 14.9. The minimum atomic E-state index is 0.677. The number of nitrogens with one attached hydrogen (secondary N) is 1. The molecule has 0 amide bonds. The predicted molar refractivity (Wildman–Crippen MR) is 108 cm³/mol. The summed E-state index contributed by atoms with van der Waals surface area (Å²) >= 11 is 0. The van der Waals surface area contributed by atoms with Crippen LogP contribution in [-0.4, -0.2) is 18.8 Å². The van der Waals surface area contributed by atoms with Crippen molar-refractivity contribution in [3.05, 3.63) is 47.7 Å². The van der Waals surface area contributed by atoms with E-state index < -0.39 is 0 Å². The summed E-state index contributed by atoms with van der Waals surface area (Å²) in [6, 6.07) is 8.96. The van der Waals surface area contributed by atoms with Gasteiger partial charge in [-0.25, -0.2) is 0 Å². The maximum Gasteiger partial charge on any atom is 0.0388 e. The number of hydrogen-bond donors (Lipinski definition) is 1. The zero-order valence-electron chi connectivity index (χ0n) is 16.5. The number of rotatable bonds is 4. The average Bonchev–Trinajstić information content (AvgIpc) is 2.59. The van der Waals surface area contributed by atoms with Gasteiger partial charge in [-0.1, -0.05) is 64.5 Å². The largest absolute Gasteiger partial charge is 0.386 e. The molecule has 0 spiro atoms. The van der Waals surface area contributed by atoms with Crippen molar-refractivity contribution in [1.82, 2.24) is 5.32 Å². The SMILES string of the molecule is C=C(CC)NC1CCCC(C)C1C.CN=C(C)c1ccccc1C. The Labute approximate surface area is 149 Å². The van der Waals surface area contributed by atoms with E-state index in [0.717, 1.165) is 24.0 Å². The van der Waals surface area contributed by atoms with Gasteiger partial charge in [0, 0.05) is 24.5 Å². The lowest BCUT2D eigenvalue weighted by atomic mass is 9.78. The van der Waals surface area contributed by atoms with Gasteiger partial charge in [0.2, 0.25) is 0 Å². The molecule has 2 heteroatoms. The molecule has 1 aromatic rings. The third-order valence-corrected chi connectivity index (χ3v) is 5.39. The van der Waals surface area contributed by atoms with Crippen LogP contribution in [-0.2, 0) is 0 Å². The normalized spacial score (nSPS) is 23.9. The van der Waals surface area contributed by atoms with E-state index in [1.807, 2.05) is 26.1 Å². The molecule has 3 unspecified atom stereocenters. The second-order valence-electron chi connectivity index (χ2n) is 7.10. The molecule has 0 heterocycles. The fourth-order valence-corrected chi connectivity index (χ4v) is 3.25. The summed E-state index contributed by atoms with van der Waals surface area (Å²) in [5.74, 6) is 1.67. The van der Waals surface area contributed by atoms with Crippen LogP contribution < -0.4 is 5.32 Å². The molecule has 2 rings (SSSR count). The van der Waals surface area contributed by atoms with Crippen LogP contribution in [0.25, 0.3) is 0 Å². The van der Waals surface area contributed by atoms with Crippen LogP contribution >= 0.6 is 0 Å². The summed E-state index contributed by atoms with van der Waals surface area (Å²) in [6.07, 6.45) is 5.15. The molecule has 1 fully saturated rings. The molecule has 0 saturated heterocycles. The summed E-state index contributed by atoms with van der Waals surface area (Å²) in [7, 11) is 1.82. The first-order chi connectivity index (χ1) is 11.4. The van der Waals surface area contributed by atoms with Crippen molar-refractivity contribution in [2.45, 2.75) is 66.3 Å². The molecule has 3 atom stereocenters. The van der Waals surface area contributed by atoms with E-state index >= 15 is 0 Å². The van der Waals surface area contributed by atoms with Crippen LogP contribution in [0.3, 0.4) is 0 Å². The molecular weight excluding hydrogens is 292 g/mol. The van der Waals surface area contributed by atoms with Gasteiger partial charge in [-0.3, -0.25) is 4.99 Å². The summed E-state index contributed by atoms with van der Waals surface area (Å²) in [5, 5.41) is 3.55. The molecule has 1 aromatic carbocycles. The lowest BCUT2D eigenvalue weighted by Gasteiger charge is -2.35. The Hall–Kier alpha value is -1.57. The third-order valence-electron chi connectivity index (χ3n) is 5.39. The summed E-state index contributed by atoms with van der Waals surface area (Å²) < 4.78 is 0. The molecule has 1 saturated carbocycles. The second kappa shape index (κ2) is 10.3. The fourth-order valence-electron chi connectivity index (χ4n) is 3.25. The van der Waals surface area contributed by atoms with Crippen LogP contribution in [0.15, 0.2) is 41.5 Å². The van der Waals surface area contributed by atoms with E-state index in [1.54, 1.807) is 0 Å². The molecule has 0 aromatic heterocycles. The maximum absolute atomic E-state index is 4.14. The smallest absolute Gasteiger partial charge is 0.0388 e. The Balaban J connectivity index is 0.000000243. The number of nitrogens with zero attached hydrogens (tertiary/aromatic N) is 1. The Morgan fingerprint density at radius 3 is 2.50 bits per heavy atom. The number of aryl methyl sites for hydroxylation is 1. The Morgan fingerprint density at radius 1 is 1.25 bits per heavy atom. The van der Waals surface area contributed by atoms with E-state index in [4.69, 9.17) is 0 Å². The van der Waals surface area contributed by atoms with Crippen molar-refractivity contribution in [3.8, 4) is 0 Å². The Kier molecular flexibility index (Phi) is 8.81. The first-order valence-corrected chi connectivity index (χ1v) is 9.34.